The molecule has 2 aromatic carbocycles. The van der Waals surface area contributed by atoms with Crippen LogP contribution < -0.4 is 10.6 Å². The molecule has 1 aromatic heterocycles. The van der Waals surface area contributed by atoms with E-state index in [1.807, 2.05) is 31.2 Å². The Morgan fingerprint density at radius 3 is 2.23 bits per heavy atom. The molecule has 1 heterocycles. The van der Waals surface area contributed by atoms with Crippen LogP contribution in [0.15, 0.2) is 54.6 Å². The number of hydrogen-bond donors (Lipinski definition) is 2. The van der Waals surface area contributed by atoms with Crippen molar-refractivity contribution < 1.29 is 13.2 Å². The number of anilines is 4. The van der Waals surface area contributed by atoms with Gasteiger partial charge in [-0.3, -0.25) is 0 Å². The van der Waals surface area contributed by atoms with E-state index in [9.17, 15) is 13.2 Å². The van der Waals surface area contributed by atoms with E-state index >= 15 is 0 Å². The zero-order valence-electron chi connectivity index (χ0n) is 14.2. The summed E-state index contributed by atoms with van der Waals surface area (Å²) in [7, 11) is 0. The lowest BCUT2D eigenvalue weighted by Crippen LogP contribution is -2.10. The highest BCUT2D eigenvalue weighted by Crippen LogP contribution is 2.35. The summed E-state index contributed by atoms with van der Waals surface area (Å²) in [6.07, 6.45) is -4.46. The lowest BCUT2D eigenvalue weighted by atomic mass is 10.1. The van der Waals surface area contributed by atoms with Crippen LogP contribution in [0.4, 0.5) is 36.3 Å². The standard InChI is InChI=1S/C19H17F3N4/c1-12-7-9-14(10-8-12)24-17-11-13(2)23-18(26-17)25-16-6-4-3-5-15(16)19(20,21)22/h3-11H,1-2H3,(H2,23,24,25,26). The summed E-state index contributed by atoms with van der Waals surface area (Å²) in [5.74, 6) is 0.588. The predicted octanol–water partition coefficient (Wildman–Crippen LogP) is 5.60. The highest BCUT2D eigenvalue weighted by molar-refractivity contribution is 5.62. The topological polar surface area (TPSA) is 49.8 Å². The maximum Gasteiger partial charge on any atom is 0.418 e. The Kier molecular flexibility index (Phi) is 4.79. The molecule has 0 aliphatic carbocycles. The normalized spacial score (nSPS) is 11.3. The van der Waals surface area contributed by atoms with Gasteiger partial charge in [-0.05, 0) is 38.1 Å². The summed E-state index contributed by atoms with van der Waals surface area (Å²) < 4.78 is 39.4. The van der Waals surface area contributed by atoms with Crippen LogP contribution in [0.3, 0.4) is 0 Å². The highest BCUT2D eigenvalue weighted by atomic mass is 19.4. The van der Waals surface area contributed by atoms with Crippen molar-refractivity contribution in [3.05, 3.63) is 71.4 Å². The molecule has 0 saturated carbocycles. The van der Waals surface area contributed by atoms with Crippen LogP contribution in [-0.2, 0) is 6.18 Å². The summed E-state index contributed by atoms with van der Waals surface area (Å²) >= 11 is 0. The molecule has 0 aliphatic rings. The number of para-hydroxylation sites is 1. The van der Waals surface area contributed by atoms with Crippen LogP contribution in [0.2, 0.25) is 0 Å². The van der Waals surface area contributed by atoms with Crippen molar-refractivity contribution in [2.75, 3.05) is 10.6 Å². The maximum absolute atomic E-state index is 13.1. The molecule has 0 spiro atoms. The number of nitrogens with one attached hydrogen (secondary N) is 2. The molecule has 0 radical (unpaired) electrons. The molecular formula is C19H17F3N4. The second-order valence-electron chi connectivity index (χ2n) is 5.88. The minimum Gasteiger partial charge on any atom is -0.340 e. The molecule has 3 aromatic rings. The molecule has 0 amide bonds. The average Bonchev–Trinajstić information content (AvgIpc) is 2.56. The first-order valence-corrected chi connectivity index (χ1v) is 7.94. The fourth-order valence-corrected chi connectivity index (χ4v) is 2.43. The van der Waals surface area contributed by atoms with Gasteiger partial charge >= 0.3 is 6.18 Å². The summed E-state index contributed by atoms with van der Waals surface area (Å²) in [6, 6.07) is 14.7. The predicted molar refractivity (Wildman–Crippen MR) is 96.0 cm³/mol. The average molecular weight is 358 g/mol. The van der Waals surface area contributed by atoms with E-state index in [0.717, 1.165) is 17.3 Å². The quantitative estimate of drug-likeness (QED) is 0.637. The van der Waals surface area contributed by atoms with Gasteiger partial charge in [-0.25, -0.2) is 4.98 Å². The van der Waals surface area contributed by atoms with E-state index in [1.54, 1.807) is 13.0 Å². The molecule has 4 nitrogen and oxygen atoms in total. The number of rotatable bonds is 4. The Hall–Kier alpha value is -3.09. The van der Waals surface area contributed by atoms with Crippen LogP contribution in [0.1, 0.15) is 16.8 Å². The van der Waals surface area contributed by atoms with Gasteiger partial charge in [-0.15, -0.1) is 0 Å². The molecule has 26 heavy (non-hydrogen) atoms. The van der Waals surface area contributed by atoms with Gasteiger partial charge in [0.1, 0.15) is 5.82 Å². The van der Waals surface area contributed by atoms with Gasteiger partial charge in [0, 0.05) is 17.4 Å². The van der Waals surface area contributed by atoms with E-state index in [-0.39, 0.29) is 11.6 Å². The lowest BCUT2D eigenvalue weighted by Gasteiger charge is -2.14. The molecule has 134 valence electrons. The first-order chi connectivity index (χ1) is 12.3. The number of aromatic nitrogens is 2. The molecule has 7 heteroatoms. The number of alkyl halides is 3. The number of halogens is 3. The molecule has 2 N–H and O–H groups in total. The third-order valence-electron chi connectivity index (χ3n) is 3.66. The Morgan fingerprint density at radius 1 is 0.846 bits per heavy atom. The fraction of sp³-hybridized carbons (Fsp3) is 0.158. The van der Waals surface area contributed by atoms with Crippen LogP contribution in [0, 0.1) is 13.8 Å². The largest absolute Gasteiger partial charge is 0.418 e. The van der Waals surface area contributed by atoms with E-state index in [0.29, 0.717) is 11.5 Å². The van der Waals surface area contributed by atoms with Crippen molar-refractivity contribution in [3.8, 4) is 0 Å². The minimum atomic E-state index is -4.46. The number of hydrogen-bond acceptors (Lipinski definition) is 4. The molecule has 3 rings (SSSR count). The zero-order valence-corrected chi connectivity index (χ0v) is 14.2. The number of aryl methyl sites for hydroxylation is 2. The first-order valence-electron chi connectivity index (χ1n) is 7.94. The van der Waals surface area contributed by atoms with Gasteiger partial charge in [-0.1, -0.05) is 29.8 Å². The Morgan fingerprint density at radius 2 is 1.54 bits per heavy atom. The summed E-state index contributed by atoms with van der Waals surface area (Å²) in [5.41, 5.74) is 1.72. The van der Waals surface area contributed by atoms with Gasteiger partial charge < -0.3 is 10.6 Å². The Bertz CT molecular complexity index is 905. The number of benzene rings is 2. The molecule has 0 bridgehead atoms. The van der Waals surface area contributed by atoms with Crippen molar-refractivity contribution >= 4 is 23.1 Å². The molecule has 0 aliphatic heterocycles. The molecule has 0 unspecified atom stereocenters. The minimum absolute atomic E-state index is 0.0908. The SMILES string of the molecule is Cc1ccc(Nc2cc(C)nc(Nc3ccccc3C(F)(F)F)n2)cc1. The van der Waals surface area contributed by atoms with Crippen LogP contribution in [-0.4, -0.2) is 9.97 Å². The summed E-state index contributed by atoms with van der Waals surface area (Å²) in [6.45, 7) is 3.74. The molecule has 0 atom stereocenters. The monoisotopic (exact) mass is 358 g/mol. The lowest BCUT2D eigenvalue weighted by molar-refractivity contribution is -0.136. The van der Waals surface area contributed by atoms with Crippen molar-refractivity contribution in [2.45, 2.75) is 20.0 Å². The Labute approximate surface area is 149 Å². The van der Waals surface area contributed by atoms with Gasteiger partial charge in [-0.2, -0.15) is 18.2 Å². The smallest absolute Gasteiger partial charge is 0.340 e. The van der Waals surface area contributed by atoms with Gasteiger partial charge in [0.05, 0.1) is 11.3 Å². The second kappa shape index (κ2) is 7.03. The fourth-order valence-electron chi connectivity index (χ4n) is 2.43. The van der Waals surface area contributed by atoms with E-state index < -0.39 is 11.7 Å². The zero-order chi connectivity index (χ0) is 18.7. The maximum atomic E-state index is 13.1. The van der Waals surface area contributed by atoms with Gasteiger partial charge in [0.15, 0.2) is 0 Å². The van der Waals surface area contributed by atoms with Crippen molar-refractivity contribution in [1.82, 2.24) is 9.97 Å². The van der Waals surface area contributed by atoms with Gasteiger partial charge in [0.25, 0.3) is 0 Å². The molecule has 0 fully saturated rings. The van der Waals surface area contributed by atoms with E-state index in [4.69, 9.17) is 0 Å². The number of nitrogens with zero attached hydrogens (tertiary/aromatic N) is 2. The van der Waals surface area contributed by atoms with Crippen molar-refractivity contribution in [2.24, 2.45) is 0 Å². The summed E-state index contributed by atoms with van der Waals surface area (Å²) in [4.78, 5) is 8.45. The Balaban J connectivity index is 1.88. The molecular weight excluding hydrogens is 341 g/mol. The van der Waals surface area contributed by atoms with Crippen LogP contribution >= 0.6 is 0 Å². The van der Waals surface area contributed by atoms with Crippen molar-refractivity contribution in [3.63, 3.8) is 0 Å². The van der Waals surface area contributed by atoms with Crippen molar-refractivity contribution in [1.29, 1.82) is 0 Å². The second-order valence-corrected chi connectivity index (χ2v) is 5.88. The highest BCUT2D eigenvalue weighted by Gasteiger charge is 2.33. The summed E-state index contributed by atoms with van der Waals surface area (Å²) in [5, 5.41) is 5.80. The van der Waals surface area contributed by atoms with Crippen LogP contribution in [0.5, 0.6) is 0 Å². The molecule has 0 saturated heterocycles. The van der Waals surface area contributed by atoms with Crippen LogP contribution in [0.25, 0.3) is 0 Å². The third-order valence-corrected chi connectivity index (χ3v) is 3.66. The first kappa shape index (κ1) is 17.7. The van der Waals surface area contributed by atoms with E-state index in [1.165, 1.54) is 18.2 Å². The van der Waals surface area contributed by atoms with Gasteiger partial charge in [0.2, 0.25) is 5.95 Å². The van der Waals surface area contributed by atoms with E-state index in [2.05, 4.69) is 20.6 Å². The third kappa shape index (κ3) is 4.30.